The van der Waals surface area contributed by atoms with Crippen molar-refractivity contribution in [2.24, 2.45) is 5.92 Å². The highest BCUT2D eigenvalue weighted by atomic mass is 32.2. The van der Waals surface area contributed by atoms with Gasteiger partial charge >= 0.3 is 0 Å². The maximum absolute atomic E-state index is 12.1. The van der Waals surface area contributed by atoms with Gasteiger partial charge in [0.05, 0.1) is 10.8 Å². The first-order chi connectivity index (χ1) is 7.15. The van der Waals surface area contributed by atoms with E-state index in [1.165, 1.54) is 5.56 Å². The van der Waals surface area contributed by atoms with E-state index in [-0.39, 0.29) is 0 Å². The van der Waals surface area contributed by atoms with Crippen LogP contribution in [0.2, 0.25) is 0 Å². The molecule has 1 aromatic rings. The molecular weight excluding hydrogens is 206 g/mol. The predicted octanol–water partition coefficient (Wildman–Crippen LogP) is 2.01. The van der Waals surface area contributed by atoms with E-state index in [2.05, 4.69) is 18.3 Å². The van der Waals surface area contributed by atoms with E-state index in [0.29, 0.717) is 12.0 Å². The van der Waals surface area contributed by atoms with Gasteiger partial charge in [-0.1, -0.05) is 25.1 Å². The Morgan fingerprint density at radius 3 is 2.87 bits per heavy atom. The third-order valence-corrected chi connectivity index (χ3v) is 4.94. The predicted molar refractivity (Wildman–Crippen MR) is 63.4 cm³/mol. The topological polar surface area (TPSA) is 29.1 Å². The summed E-state index contributed by atoms with van der Waals surface area (Å²) in [7, 11) is 1.15. The van der Waals surface area contributed by atoms with Crippen molar-refractivity contribution >= 4 is 10.8 Å². The lowest BCUT2D eigenvalue weighted by Crippen LogP contribution is -2.32. The van der Waals surface area contributed by atoms with Crippen molar-refractivity contribution in [1.82, 2.24) is 5.32 Å². The Kier molecular flexibility index (Phi) is 2.94. The second kappa shape index (κ2) is 4.06. The van der Waals surface area contributed by atoms with E-state index in [9.17, 15) is 4.21 Å². The molecule has 0 bridgehead atoms. The molecule has 0 saturated carbocycles. The van der Waals surface area contributed by atoms with Crippen LogP contribution >= 0.6 is 0 Å². The van der Waals surface area contributed by atoms with Crippen molar-refractivity contribution in [2.75, 3.05) is 12.8 Å². The molecular formula is C12H17NOS. The Labute approximate surface area is 93.5 Å². The van der Waals surface area contributed by atoms with Crippen LogP contribution in [0.25, 0.3) is 0 Å². The van der Waals surface area contributed by atoms with Crippen LogP contribution in [0, 0.1) is 12.8 Å². The quantitative estimate of drug-likeness (QED) is 0.789. The summed E-state index contributed by atoms with van der Waals surface area (Å²) in [6.45, 7) is 4.20. The molecule has 1 N–H and O–H groups in total. The van der Waals surface area contributed by atoms with Crippen LogP contribution in [0.1, 0.15) is 24.1 Å². The summed E-state index contributed by atoms with van der Waals surface area (Å²) in [5.74, 6) is 1.20. The molecule has 1 heterocycles. The maximum atomic E-state index is 12.1. The Morgan fingerprint density at radius 1 is 1.47 bits per heavy atom. The van der Waals surface area contributed by atoms with Crippen molar-refractivity contribution in [3.05, 3.63) is 29.3 Å². The zero-order valence-corrected chi connectivity index (χ0v) is 10.2. The van der Waals surface area contributed by atoms with Gasteiger partial charge in [0, 0.05) is 16.7 Å². The fraction of sp³-hybridized carbons (Fsp3) is 0.500. The van der Waals surface area contributed by atoms with Crippen molar-refractivity contribution in [3.63, 3.8) is 0 Å². The Hall–Kier alpha value is -0.670. The standard InChI is InChI=1S/C12H17NOS/c1-8-5-4-6-10-11(13-3)9(2)7-15(14)12(8)10/h4-6,9,11,13H,7H2,1-3H3. The van der Waals surface area contributed by atoms with Crippen molar-refractivity contribution in [2.45, 2.75) is 24.8 Å². The van der Waals surface area contributed by atoms with Crippen molar-refractivity contribution < 1.29 is 4.21 Å². The number of nitrogens with one attached hydrogen (secondary N) is 1. The molecule has 0 fully saturated rings. The molecule has 0 amide bonds. The number of benzene rings is 1. The van der Waals surface area contributed by atoms with E-state index in [1.807, 2.05) is 26.1 Å². The highest BCUT2D eigenvalue weighted by Crippen LogP contribution is 2.35. The smallest absolute Gasteiger partial charge is 0.0539 e. The molecule has 0 saturated heterocycles. The maximum Gasteiger partial charge on any atom is 0.0539 e. The highest BCUT2D eigenvalue weighted by molar-refractivity contribution is 7.85. The van der Waals surface area contributed by atoms with Crippen LogP contribution in [-0.4, -0.2) is 17.0 Å². The van der Waals surface area contributed by atoms with Gasteiger partial charge in [-0.25, -0.2) is 0 Å². The van der Waals surface area contributed by atoms with Crippen LogP contribution in [0.4, 0.5) is 0 Å². The minimum atomic E-state index is -0.819. The Balaban J connectivity index is 2.58. The van der Waals surface area contributed by atoms with Crippen molar-refractivity contribution in [3.8, 4) is 0 Å². The van der Waals surface area contributed by atoms with Crippen molar-refractivity contribution in [1.29, 1.82) is 0 Å². The third-order valence-electron chi connectivity index (χ3n) is 3.10. The number of hydrogen-bond acceptors (Lipinski definition) is 2. The molecule has 15 heavy (non-hydrogen) atoms. The summed E-state index contributed by atoms with van der Waals surface area (Å²) < 4.78 is 12.1. The largest absolute Gasteiger partial charge is 0.313 e. The monoisotopic (exact) mass is 223 g/mol. The second-order valence-electron chi connectivity index (χ2n) is 4.25. The molecule has 3 unspecified atom stereocenters. The normalized spacial score (nSPS) is 29.9. The first kappa shape index (κ1) is 10.8. The summed E-state index contributed by atoms with van der Waals surface area (Å²) in [6, 6.07) is 6.53. The average molecular weight is 223 g/mol. The van der Waals surface area contributed by atoms with Crippen LogP contribution in [0.5, 0.6) is 0 Å². The van der Waals surface area contributed by atoms with Crippen LogP contribution < -0.4 is 5.32 Å². The molecule has 3 heteroatoms. The molecule has 1 aromatic carbocycles. The van der Waals surface area contributed by atoms with Gasteiger partial charge in [0.15, 0.2) is 0 Å². The van der Waals surface area contributed by atoms with Crippen LogP contribution in [-0.2, 0) is 10.8 Å². The summed E-state index contributed by atoms with van der Waals surface area (Å²) in [4.78, 5) is 1.05. The lowest BCUT2D eigenvalue weighted by Gasteiger charge is -2.31. The van der Waals surface area contributed by atoms with E-state index < -0.39 is 10.8 Å². The van der Waals surface area contributed by atoms with Gasteiger partial charge in [-0.3, -0.25) is 4.21 Å². The van der Waals surface area contributed by atoms with Crippen LogP contribution in [0.15, 0.2) is 23.1 Å². The molecule has 1 aliphatic rings. The molecule has 3 atom stereocenters. The molecule has 0 aliphatic carbocycles. The molecule has 82 valence electrons. The molecule has 0 aromatic heterocycles. The van der Waals surface area contributed by atoms with E-state index in [4.69, 9.17) is 0 Å². The van der Waals surface area contributed by atoms with Gasteiger partial charge in [-0.15, -0.1) is 0 Å². The fourth-order valence-electron chi connectivity index (χ4n) is 2.40. The fourth-order valence-corrected chi connectivity index (χ4v) is 4.12. The first-order valence-corrected chi connectivity index (χ1v) is 6.62. The Morgan fingerprint density at radius 2 is 2.20 bits per heavy atom. The Bertz CT molecular complexity index is 403. The SMILES string of the molecule is CNC1c2cccc(C)c2S(=O)CC1C. The van der Waals surface area contributed by atoms with Gasteiger partial charge < -0.3 is 5.32 Å². The molecule has 2 rings (SSSR count). The molecule has 2 nitrogen and oxygen atoms in total. The van der Waals surface area contributed by atoms with E-state index >= 15 is 0 Å². The summed E-state index contributed by atoms with van der Waals surface area (Å²) in [5, 5.41) is 3.32. The molecule has 0 radical (unpaired) electrons. The molecule has 0 spiro atoms. The zero-order chi connectivity index (χ0) is 11.0. The van der Waals surface area contributed by atoms with Gasteiger partial charge in [-0.05, 0) is 31.0 Å². The summed E-state index contributed by atoms with van der Waals surface area (Å²) in [6.07, 6.45) is 0. The molecule has 1 aliphatic heterocycles. The summed E-state index contributed by atoms with van der Waals surface area (Å²) in [5.41, 5.74) is 2.37. The second-order valence-corrected chi connectivity index (χ2v) is 5.68. The van der Waals surface area contributed by atoms with E-state index in [1.54, 1.807) is 0 Å². The van der Waals surface area contributed by atoms with Gasteiger partial charge in [0.25, 0.3) is 0 Å². The lowest BCUT2D eigenvalue weighted by atomic mass is 9.94. The number of rotatable bonds is 1. The minimum absolute atomic E-state index is 0.345. The first-order valence-electron chi connectivity index (χ1n) is 5.30. The van der Waals surface area contributed by atoms with Gasteiger partial charge in [0.1, 0.15) is 0 Å². The average Bonchev–Trinajstić information content (AvgIpc) is 2.17. The van der Waals surface area contributed by atoms with Gasteiger partial charge in [0.2, 0.25) is 0 Å². The van der Waals surface area contributed by atoms with E-state index in [0.717, 1.165) is 16.2 Å². The third kappa shape index (κ3) is 1.74. The zero-order valence-electron chi connectivity index (χ0n) is 9.41. The number of aryl methyl sites for hydroxylation is 1. The highest BCUT2D eigenvalue weighted by Gasteiger charge is 2.30. The van der Waals surface area contributed by atoms with Crippen LogP contribution in [0.3, 0.4) is 0 Å². The summed E-state index contributed by atoms with van der Waals surface area (Å²) >= 11 is 0. The number of hydrogen-bond donors (Lipinski definition) is 1. The number of fused-ring (bicyclic) bond motifs is 1. The van der Waals surface area contributed by atoms with Gasteiger partial charge in [-0.2, -0.15) is 0 Å². The lowest BCUT2D eigenvalue weighted by molar-refractivity contribution is 0.430. The minimum Gasteiger partial charge on any atom is -0.313 e.